The lowest BCUT2D eigenvalue weighted by atomic mass is 9.81. The summed E-state index contributed by atoms with van der Waals surface area (Å²) >= 11 is 0. The van der Waals surface area contributed by atoms with Crippen molar-refractivity contribution in [2.24, 2.45) is 11.8 Å². The lowest BCUT2D eigenvalue weighted by Crippen LogP contribution is -2.34. The van der Waals surface area contributed by atoms with E-state index in [1.54, 1.807) is 24.5 Å². The van der Waals surface area contributed by atoms with Crippen molar-refractivity contribution in [2.75, 3.05) is 11.9 Å². The van der Waals surface area contributed by atoms with E-state index in [2.05, 4.69) is 10.3 Å². The first kappa shape index (κ1) is 14.7. The van der Waals surface area contributed by atoms with Gasteiger partial charge in [0.1, 0.15) is 0 Å². The number of carbonyl (C=O) groups excluding carboxylic acids is 3. The van der Waals surface area contributed by atoms with Crippen LogP contribution in [0.5, 0.6) is 0 Å². The molecular formula is C16H19N3O3. The van der Waals surface area contributed by atoms with E-state index in [0.717, 1.165) is 25.7 Å². The zero-order valence-corrected chi connectivity index (χ0v) is 12.3. The molecule has 0 bridgehead atoms. The maximum atomic E-state index is 12.3. The average molecular weight is 301 g/mol. The predicted molar refractivity (Wildman–Crippen MR) is 79.7 cm³/mol. The molecule has 1 aliphatic carbocycles. The van der Waals surface area contributed by atoms with Gasteiger partial charge in [0.05, 0.1) is 11.8 Å². The molecule has 0 unspecified atom stereocenters. The van der Waals surface area contributed by atoms with E-state index in [1.807, 2.05) is 0 Å². The number of fused-ring (bicyclic) bond motifs is 1. The predicted octanol–water partition coefficient (Wildman–Crippen LogP) is 1.59. The Morgan fingerprint density at radius 3 is 2.32 bits per heavy atom. The molecule has 2 atom stereocenters. The zero-order chi connectivity index (χ0) is 15.5. The number of likely N-dealkylation sites (tertiary alicyclic amines) is 1. The fraction of sp³-hybridized carbons (Fsp3) is 0.500. The summed E-state index contributed by atoms with van der Waals surface area (Å²) in [6.45, 7) is 0.168. The third-order valence-corrected chi connectivity index (χ3v) is 4.46. The fourth-order valence-corrected chi connectivity index (χ4v) is 3.32. The minimum atomic E-state index is -0.207. The number of carbonyl (C=O) groups is 3. The Hall–Kier alpha value is -2.24. The van der Waals surface area contributed by atoms with Crippen molar-refractivity contribution >= 4 is 23.4 Å². The Bertz CT molecular complexity index is 564. The summed E-state index contributed by atoms with van der Waals surface area (Å²) in [5.74, 6) is -0.687. The number of aromatic nitrogens is 1. The van der Waals surface area contributed by atoms with Crippen LogP contribution in [0.2, 0.25) is 0 Å². The summed E-state index contributed by atoms with van der Waals surface area (Å²) in [5, 5.41) is 2.73. The second-order valence-electron chi connectivity index (χ2n) is 5.86. The first-order valence-electron chi connectivity index (χ1n) is 7.72. The van der Waals surface area contributed by atoms with E-state index in [-0.39, 0.29) is 42.5 Å². The zero-order valence-electron chi connectivity index (χ0n) is 12.3. The molecule has 1 N–H and O–H groups in total. The molecule has 1 aromatic rings. The minimum Gasteiger partial charge on any atom is -0.326 e. The molecule has 1 aliphatic heterocycles. The van der Waals surface area contributed by atoms with Crippen LogP contribution in [-0.2, 0) is 14.4 Å². The van der Waals surface area contributed by atoms with Crippen LogP contribution in [0, 0.1) is 11.8 Å². The smallest absolute Gasteiger partial charge is 0.233 e. The number of nitrogens with one attached hydrogen (secondary N) is 1. The van der Waals surface area contributed by atoms with Crippen LogP contribution in [0.25, 0.3) is 0 Å². The lowest BCUT2D eigenvalue weighted by molar-refractivity contribution is -0.140. The Kier molecular flexibility index (Phi) is 4.18. The van der Waals surface area contributed by atoms with Gasteiger partial charge in [-0.3, -0.25) is 24.3 Å². The van der Waals surface area contributed by atoms with Crippen LogP contribution in [-0.4, -0.2) is 34.2 Å². The second kappa shape index (κ2) is 6.25. The molecule has 116 valence electrons. The van der Waals surface area contributed by atoms with Gasteiger partial charge >= 0.3 is 0 Å². The van der Waals surface area contributed by atoms with E-state index in [1.165, 1.54) is 4.90 Å². The van der Waals surface area contributed by atoms with Gasteiger partial charge in [0, 0.05) is 31.0 Å². The van der Waals surface area contributed by atoms with Gasteiger partial charge in [-0.25, -0.2) is 0 Å². The molecule has 0 aromatic carbocycles. The van der Waals surface area contributed by atoms with Gasteiger partial charge in [0.15, 0.2) is 0 Å². The molecule has 2 fully saturated rings. The minimum absolute atomic E-state index is 0.0913. The molecule has 3 rings (SSSR count). The summed E-state index contributed by atoms with van der Waals surface area (Å²) in [6, 6.07) is 3.39. The molecular weight excluding hydrogens is 282 g/mol. The van der Waals surface area contributed by atoms with Crippen molar-refractivity contribution in [3.63, 3.8) is 0 Å². The van der Waals surface area contributed by atoms with E-state index in [9.17, 15) is 14.4 Å². The summed E-state index contributed by atoms with van der Waals surface area (Å²) in [4.78, 5) is 41.6. The van der Waals surface area contributed by atoms with Crippen LogP contribution in [0.1, 0.15) is 32.1 Å². The highest BCUT2D eigenvalue weighted by atomic mass is 16.2. The molecule has 0 radical (unpaired) electrons. The topological polar surface area (TPSA) is 79.4 Å². The quantitative estimate of drug-likeness (QED) is 0.856. The number of anilines is 1. The summed E-state index contributed by atoms with van der Waals surface area (Å²) < 4.78 is 0. The van der Waals surface area contributed by atoms with Crippen LogP contribution in [0.15, 0.2) is 24.5 Å². The van der Waals surface area contributed by atoms with Crippen molar-refractivity contribution in [1.29, 1.82) is 0 Å². The molecule has 3 amide bonds. The Morgan fingerprint density at radius 2 is 1.73 bits per heavy atom. The number of hydrogen-bond donors (Lipinski definition) is 1. The molecule has 22 heavy (non-hydrogen) atoms. The second-order valence-corrected chi connectivity index (χ2v) is 5.86. The summed E-state index contributed by atoms with van der Waals surface area (Å²) in [7, 11) is 0. The Balaban J connectivity index is 1.56. The number of hydrogen-bond acceptors (Lipinski definition) is 4. The van der Waals surface area contributed by atoms with E-state index in [4.69, 9.17) is 0 Å². The van der Waals surface area contributed by atoms with Gasteiger partial charge in [-0.15, -0.1) is 0 Å². The number of pyridine rings is 1. The fourth-order valence-electron chi connectivity index (χ4n) is 3.32. The van der Waals surface area contributed by atoms with Gasteiger partial charge < -0.3 is 5.32 Å². The highest BCUT2D eigenvalue weighted by Crippen LogP contribution is 2.37. The van der Waals surface area contributed by atoms with Crippen molar-refractivity contribution in [3.05, 3.63) is 24.5 Å². The normalized spacial score (nSPS) is 24.3. The summed E-state index contributed by atoms with van der Waals surface area (Å²) in [6.07, 6.45) is 6.93. The third kappa shape index (κ3) is 2.86. The third-order valence-electron chi connectivity index (χ3n) is 4.46. The summed E-state index contributed by atoms with van der Waals surface area (Å²) in [5.41, 5.74) is 0.660. The van der Waals surface area contributed by atoms with Crippen LogP contribution < -0.4 is 5.32 Å². The molecule has 6 heteroatoms. The molecule has 2 aliphatic rings. The van der Waals surface area contributed by atoms with E-state index >= 15 is 0 Å². The number of amides is 3. The first-order chi connectivity index (χ1) is 10.7. The highest BCUT2D eigenvalue weighted by Gasteiger charge is 2.47. The Labute approximate surface area is 128 Å². The van der Waals surface area contributed by atoms with Gasteiger partial charge in [-0.05, 0) is 25.0 Å². The lowest BCUT2D eigenvalue weighted by Gasteiger charge is -2.19. The first-order valence-corrected chi connectivity index (χ1v) is 7.72. The average Bonchev–Trinajstić information content (AvgIpc) is 2.78. The molecule has 0 spiro atoms. The SMILES string of the molecule is O=C(CCN1C(=O)[C@@H]2CCCC[C@H]2C1=O)Nc1ccncc1. The number of rotatable bonds is 4. The van der Waals surface area contributed by atoms with Crippen molar-refractivity contribution in [1.82, 2.24) is 9.88 Å². The van der Waals surface area contributed by atoms with Crippen molar-refractivity contribution < 1.29 is 14.4 Å². The largest absolute Gasteiger partial charge is 0.326 e. The van der Waals surface area contributed by atoms with Gasteiger partial charge in [-0.1, -0.05) is 12.8 Å². The standard InChI is InChI=1S/C16H19N3O3/c20-14(18-11-5-8-17-9-6-11)7-10-19-15(21)12-3-1-2-4-13(12)16(19)22/h5-6,8-9,12-13H,1-4,7,10H2,(H,17,18,20)/t12-,13-/m1/s1. The van der Waals surface area contributed by atoms with Gasteiger partial charge in [0.2, 0.25) is 17.7 Å². The maximum Gasteiger partial charge on any atom is 0.233 e. The van der Waals surface area contributed by atoms with Crippen LogP contribution >= 0.6 is 0 Å². The van der Waals surface area contributed by atoms with Crippen molar-refractivity contribution in [2.45, 2.75) is 32.1 Å². The monoisotopic (exact) mass is 301 g/mol. The van der Waals surface area contributed by atoms with Crippen LogP contribution in [0.3, 0.4) is 0 Å². The van der Waals surface area contributed by atoms with Crippen LogP contribution in [0.4, 0.5) is 5.69 Å². The van der Waals surface area contributed by atoms with E-state index < -0.39 is 0 Å². The Morgan fingerprint density at radius 1 is 1.14 bits per heavy atom. The molecule has 2 heterocycles. The maximum absolute atomic E-state index is 12.3. The molecule has 1 aromatic heterocycles. The van der Waals surface area contributed by atoms with Gasteiger partial charge in [-0.2, -0.15) is 0 Å². The van der Waals surface area contributed by atoms with E-state index in [0.29, 0.717) is 5.69 Å². The molecule has 6 nitrogen and oxygen atoms in total. The number of nitrogens with zero attached hydrogens (tertiary/aromatic N) is 2. The van der Waals surface area contributed by atoms with Gasteiger partial charge in [0.25, 0.3) is 0 Å². The molecule has 1 saturated heterocycles. The molecule has 1 saturated carbocycles. The number of imide groups is 1. The highest BCUT2D eigenvalue weighted by molar-refractivity contribution is 6.05. The van der Waals surface area contributed by atoms with Crippen molar-refractivity contribution in [3.8, 4) is 0 Å².